The first-order chi connectivity index (χ1) is 14.6. The van der Waals surface area contributed by atoms with Crippen molar-refractivity contribution in [1.29, 1.82) is 0 Å². The molecular formula is C24H29NO5. The van der Waals surface area contributed by atoms with Crippen molar-refractivity contribution >= 4 is 11.9 Å². The van der Waals surface area contributed by atoms with Crippen molar-refractivity contribution in [3.05, 3.63) is 59.2 Å². The van der Waals surface area contributed by atoms with E-state index in [0.717, 1.165) is 31.2 Å². The van der Waals surface area contributed by atoms with Crippen LogP contribution in [0.4, 0.5) is 0 Å². The second-order valence-corrected chi connectivity index (χ2v) is 7.23. The van der Waals surface area contributed by atoms with Gasteiger partial charge in [-0.3, -0.25) is 4.79 Å². The third kappa shape index (κ3) is 5.53. The Balaban J connectivity index is 1.57. The fourth-order valence-corrected chi connectivity index (χ4v) is 3.59. The molecule has 0 saturated heterocycles. The first-order valence-corrected chi connectivity index (χ1v) is 10.6. The minimum Gasteiger partial charge on any atom is -0.490 e. The third-order valence-electron chi connectivity index (χ3n) is 4.98. The smallest absolute Gasteiger partial charge is 0.338 e. The Labute approximate surface area is 177 Å². The Kier molecular flexibility index (Phi) is 7.71. The molecule has 0 radical (unpaired) electrons. The van der Waals surface area contributed by atoms with Crippen molar-refractivity contribution in [2.45, 2.75) is 45.6 Å². The molecule has 30 heavy (non-hydrogen) atoms. The van der Waals surface area contributed by atoms with Crippen LogP contribution >= 0.6 is 0 Å². The van der Waals surface area contributed by atoms with Crippen LogP contribution in [0.1, 0.15) is 60.6 Å². The van der Waals surface area contributed by atoms with Crippen LogP contribution in [0.5, 0.6) is 11.5 Å². The summed E-state index contributed by atoms with van der Waals surface area (Å²) in [6, 6.07) is 13.0. The first-order valence-electron chi connectivity index (χ1n) is 10.6. The van der Waals surface area contributed by atoms with Gasteiger partial charge in [0.1, 0.15) is 0 Å². The van der Waals surface area contributed by atoms with E-state index in [1.165, 1.54) is 5.56 Å². The molecule has 0 fully saturated rings. The molecule has 1 atom stereocenters. The monoisotopic (exact) mass is 411 g/mol. The highest BCUT2D eigenvalue weighted by atomic mass is 16.5. The molecule has 2 aromatic carbocycles. The van der Waals surface area contributed by atoms with Gasteiger partial charge in [0, 0.05) is 0 Å². The average Bonchev–Trinajstić information content (AvgIpc) is 2.77. The zero-order valence-electron chi connectivity index (χ0n) is 17.6. The second kappa shape index (κ2) is 10.7. The van der Waals surface area contributed by atoms with Gasteiger partial charge in [-0.05, 0) is 61.9 Å². The third-order valence-corrected chi connectivity index (χ3v) is 4.98. The number of ether oxygens (including phenoxy) is 3. The number of carbonyl (C=O) groups excluding carboxylic acids is 2. The first kappa shape index (κ1) is 21.7. The van der Waals surface area contributed by atoms with Crippen LogP contribution in [0.3, 0.4) is 0 Å². The van der Waals surface area contributed by atoms with Crippen molar-refractivity contribution in [3.63, 3.8) is 0 Å². The Hall–Kier alpha value is -3.02. The largest absolute Gasteiger partial charge is 0.490 e. The number of amides is 1. The van der Waals surface area contributed by atoms with Crippen LogP contribution in [-0.2, 0) is 16.0 Å². The predicted molar refractivity (Wildman–Crippen MR) is 114 cm³/mol. The van der Waals surface area contributed by atoms with E-state index in [2.05, 4.69) is 11.4 Å². The lowest BCUT2D eigenvalue weighted by Gasteiger charge is -2.26. The number of aryl methyl sites for hydroxylation is 1. The molecule has 0 aliphatic heterocycles. The standard InChI is InChI=1S/C24H29NO5/c1-3-14-29-21-13-12-18(15-22(21)28-4-2)24(27)30-16-23(26)25-20-11-7-9-17-8-5-6-10-19(17)20/h5-6,8,10,12-13,15,20H,3-4,7,9,11,14,16H2,1-2H3,(H,25,26)/t20-/m0/s1. The minimum absolute atomic E-state index is 0.0410. The summed E-state index contributed by atoms with van der Waals surface area (Å²) in [5.74, 6) is 0.197. The van der Waals surface area contributed by atoms with Crippen LogP contribution in [0, 0.1) is 0 Å². The molecule has 0 saturated carbocycles. The number of benzene rings is 2. The summed E-state index contributed by atoms with van der Waals surface area (Å²) in [6.45, 7) is 4.57. The SMILES string of the molecule is CCCOc1ccc(C(=O)OCC(=O)N[C@H]2CCCc3ccccc32)cc1OCC. The van der Waals surface area contributed by atoms with E-state index in [9.17, 15) is 9.59 Å². The summed E-state index contributed by atoms with van der Waals surface area (Å²) >= 11 is 0. The Morgan fingerprint density at radius 2 is 1.90 bits per heavy atom. The quantitative estimate of drug-likeness (QED) is 0.625. The zero-order chi connectivity index (χ0) is 21.3. The summed E-state index contributed by atoms with van der Waals surface area (Å²) in [4.78, 5) is 24.8. The van der Waals surface area contributed by atoms with Gasteiger partial charge in [0.25, 0.3) is 5.91 Å². The van der Waals surface area contributed by atoms with Crippen molar-refractivity contribution in [3.8, 4) is 11.5 Å². The maximum absolute atomic E-state index is 12.4. The van der Waals surface area contributed by atoms with Crippen molar-refractivity contribution in [2.24, 2.45) is 0 Å². The molecular weight excluding hydrogens is 382 g/mol. The number of nitrogens with one attached hydrogen (secondary N) is 1. The number of hydrogen-bond donors (Lipinski definition) is 1. The highest BCUT2D eigenvalue weighted by molar-refractivity contribution is 5.92. The van der Waals surface area contributed by atoms with Gasteiger partial charge >= 0.3 is 5.97 Å². The molecule has 6 heteroatoms. The van der Waals surface area contributed by atoms with Gasteiger partial charge in [0.15, 0.2) is 18.1 Å². The van der Waals surface area contributed by atoms with Crippen molar-refractivity contribution < 1.29 is 23.8 Å². The normalized spacial score (nSPS) is 15.1. The molecule has 0 unspecified atom stereocenters. The van der Waals surface area contributed by atoms with E-state index in [0.29, 0.717) is 30.3 Å². The molecule has 0 heterocycles. The highest BCUT2D eigenvalue weighted by Crippen LogP contribution is 2.30. The lowest BCUT2D eigenvalue weighted by atomic mass is 9.88. The zero-order valence-corrected chi connectivity index (χ0v) is 17.6. The molecule has 160 valence electrons. The Bertz CT molecular complexity index is 880. The molecule has 1 aliphatic rings. The highest BCUT2D eigenvalue weighted by Gasteiger charge is 2.22. The molecule has 1 aliphatic carbocycles. The number of rotatable bonds is 9. The van der Waals surface area contributed by atoms with E-state index >= 15 is 0 Å². The van der Waals surface area contributed by atoms with Gasteiger partial charge in [-0.15, -0.1) is 0 Å². The summed E-state index contributed by atoms with van der Waals surface area (Å²) in [5.41, 5.74) is 2.73. The molecule has 0 bridgehead atoms. The molecule has 6 nitrogen and oxygen atoms in total. The van der Waals surface area contributed by atoms with Crippen molar-refractivity contribution in [2.75, 3.05) is 19.8 Å². The summed E-state index contributed by atoms with van der Waals surface area (Å²) < 4.78 is 16.4. The average molecular weight is 411 g/mol. The Morgan fingerprint density at radius 3 is 2.70 bits per heavy atom. The van der Waals surface area contributed by atoms with Crippen LogP contribution < -0.4 is 14.8 Å². The Morgan fingerprint density at radius 1 is 1.07 bits per heavy atom. The minimum atomic E-state index is -0.572. The van der Waals surface area contributed by atoms with Crippen LogP contribution in [0.25, 0.3) is 0 Å². The maximum Gasteiger partial charge on any atom is 0.338 e. The molecule has 0 spiro atoms. The van der Waals surface area contributed by atoms with Crippen LogP contribution in [0.15, 0.2) is 42.5 Å². The van der Waals surface area contributed by atoms with Gasteiger partial charge < -0.3 is 19.5 Å². The van der Waals surface area contributed by atoms with E-state index < -0.39 is 5.97 Å². The summed E-state index contributed by atoms with van der Waals surface area (Å²) in [5, 5.41) is 2.99. The van der Waals surface area contributed by atoms with Gasteiger partial charge in [-0.25, -0.2) is 4.79 Å². The van der Waals surface area contributed by atoms with E-state index in [4.69, 9.17) is 14.2 Å². The topological polar surface area (TPSA) is 73.9 Å². The fourth-order valence-electron chi connectivity index (χ4n) is 3.59. The second-order valence-electron chi connectivity index (χ2n) is 7.23. The van der Waals surface area contributed by atoms with Gasteiger partial charge in [0.2, 0.25) is 0 Å². The van der Waals surface area contributed by atoms with Gasteiger partial charge in [0.05, 0.1) is 24.8 Å². The molecule has 0 aromatic heterocycles. The molecule has 3 rings (SSSR count). The molecule has 2 aromatic rings. The molecule has 1 N–H and O–H groups in total. The number of fused-ring (bicyclic) bond motifs is 1. The van der Waals surface area contributed by atoms with Gasteiger partial charge in [-0.1, -0.05) is 31.2 Å². The van der Waals surface area contributed by atoms with Gasteiger partial charge in [-0.2, -0.15) is 0 Å². The maximum atomic E-state index is 12.4. The van der Waals surface area contributed by atoms with E-state index in [-0.39, 0.29) is 18.6 Å². The fraction of sp³-hybridized carbons (Fsp3) is 0.417. The number of esters is 1. The number of hydrogen-bond acceptors (Lipinski definition) is 5. The predicted octanol–water partition coefficient (Wildman–Crippen LogP) is 4.22. The van der Waals surface area contributed by atoms with Crippen LogP contribution in [-0.4, -0.2) is 31.7 Å². The van der Waals surface area contributed by atoms with Crippen LogP contribution in [0.2, 0.25) is 0 Å². The van der Waals surface area contributed by atoms with E-state index in [1.54, 1.807) is 18.2 Å². The summed E-state index contributed by atoms with van der Waals surface area (Å²) in [6.07, 6.45) is 3.80. The molecule has 1 amide bonds. The van der Waals surface area contributed by atoms with E-state index in [1.807, 2.05) is 32.0 Å². The summed E-state index contributed by atoms with van der Waals surface area (Å²) in [7, 11) is 0. The number of carbonyl (C=O) groups is 2. The lowest BCUT2D eigenvalue weighted by molar-refractivity contribution is -0.125. The van der Waals surface area contributed by atoms with Crippen molar-refractivity contribution in [1.82, 2.24) is 5.32 Å². The lowest BCUT2D eigenvalue weighted by Crippen LogP contribution is -2.34.